The third-order valence-corrected chi connectivity index (χ3v) is 4.16. The lowest BCUT2D eigenvalue weighted by molar-refractivity contribution is -0.150. The molecule has 0 heterocycles. The van der Waals surface area contributed by atoms with E-state index in [0.29, 0.717) is 6.54 Å². The van der Waals surface area contributed by atoms with Gasteiger partial charge in [0.15, 0.2) is 6.10 Å². The molecule has 0 fully saturated rings. The molecule has 0 aliphatic rings. The van der Waals surface area contributed by atoms with Crippen molar-refractivity contribution >= 4 is 18.0 Å². The molecule has 1 N–H and O–H groups in total. The Bertz CT molecular complexity index is 726. The van der Waals surface area contributed by atoms with Gasteiger partial charge in [0.05, 0.1) is 0 Å². The molecule has 1 amide bonds. The number of benzene rings is 2. The van der Waals surface area contributed by atoms with Gasteiger partial charge in [0, 0.05) is 18.5 Å². The van der Waals surface area contributed by atoms with E-state index in [9.17, 15) is 9.59 Å². The van der Waals surface area contributed by atoms with Crippen molar-refractivity contribution in [1.82, 2.24) is 5.32 Å². The topological polar surface area (TPSA) is 55.4 Å². The first kappa shape index (κ1) is 19.4. The molecule has 2 rings (SSSR count). The van der Waals surface area contributed by atoms with Gasteiger partial charge in [0.25, 0.3) is 5.91 Å². The van der Waals surface area contributed by atoms with Crippen molar-refractivity contribution in [1.29, 1.82) is 0 Å². The van der Waals surface area contributed by atoms with Crippen LogP contribution in [-0.2, 0) is 14.3 Å². The second-order valence-electron chi connectivity index (χ2n) is 6.08. The first-order chi connectivity index (χ1) is 12.6. The minimum Gasteiger partial charge on any atom is -0.449 e. The fourth-order valence-corrected chi connectivity index (χ4v) is 2.59. The van der Waals surface area contributed by atoms with Crippen LogP contribution in [0.2, 0.25) is 0 Å². The van der Waals surface area contributed by atoms with E-state index in [1.165, 1.54) is 11.6 Å². The fourth-order valence-electron chi connectivity index (χ4n) is 2.59. The Morgan fingerprint density at radius 3 is 2.27 bits per heavy atom. The zero-order chi connectivity index (χ0) is 18.8. The Hall–Kier alpha value is -2.88. The standard InChI is InChI=1S/C22H25NO3/c1-3-19(20-12-8-5-9-13-20)16-23-22(25)17(2)26-21(24)15-14-18-10-6-4-7-11-18/h4-15,17,19H,3,16H2,1-2H3,(H,23,25)/b15-14+/t17-,19-/m1/s1. The zero-order valence-corrected chi connectivity index (χ0v) is 15.2. The van der Waals surface area contributed by atoms with E-state index in [-0.39, 0.29) is 11.8 Å². The molecule has 0 spiro atoms. The third kappa shape index (κ3) is 6.20. The SMILES string of the molecule is CC[C@H](CNC(=O)[C@@H](C)OC(=O)/C=C/c1ccccc1)c1ccccc1. The molecule has 0 saturated carbocycles. The molecule has 0 saturated heterocycles. The van der Waals surface area contributed by atoms with Crippen LogP contribution in [0, 0.1) is 0 Å². The Morgan fingerprint density at radius 2 is 1.65 bits per heavy atom. The lowest BCUT2D eigenvalue weighted by atomic mass is 9.96. The van der Waals surface area contributed by atoms with Gasteiger partial charge in [0.1, 0.15) is 0 Å². The van der Waals surface area contributed by atoms with E-state index in [2.05, 4.69) is 24.4 Å². The maximum atomic E-state index is 12.2. The molecule has 2 aromatic rings. The molecule has 136 valence electrons. The summed E-state index contributed by atoms with van der Waals surface area (Å²) in [6, 6.07) is 19.5. The van der Waals surface area contributed by atoms with Crippen molar-refractivity contribution in [2.75, 3.05) is 6.54 Å². The Morgan fingerprint density at radius 1 is 1.04 bits per heavy atom. The van der Waals surface area contributed by atoms with Gasteiger partial charge < -0.3 is 10.1 Å². The number of carbonyl (C=O) groups excluding carboxylic acids is 2. The normalized spacial score (nSPS) is 13.2. The zero-order valence-electron chi connectivity index (χ0n) is 15.2. The van der Waals surface area contributed by atoms with Gasteiger partial charge in [-0.25, -0.2) is 4.79 Å². The first-order valence-corrected chi connectivity index (χ1v) is 8.86. The number of rotatable bonds is 8. The maximum Gasteiger partial charge on any atom is 0.331 e. The summed E-state index contributed by atoms with van der Waals surface area (Å²) in [5.41, 5.74) is 2.08. The van der Waals surface area contributed by atoms with Crippen LogP contribution in [0.25, 0.3) is 6.08 Å². The van der Waals surface area contributed by atoms with Crippen molar-refractivity contribution < 1.29 is 14.3 Å². The van der Waals surface area contributed by atoms with Gasteiger partial charge in [-0.3, -0.25) is 4.79 Å². The maximum absolute atomic E-state index is 12.2. The van der Waals surface area contributed by atoms with Gasteiger partial charge in [-0.05, 0) is 30.5 Å². The average Bonchev–Trinajstić information content (AvgIpc) is 2.68. The number of hydrogen-bond acceptors (Lipinski definition) is 3. The number of esters is 1. The van der Waals surface area contributed by atoms with E-state index in [4.69, 9.17) is 4.74 Å². The molecule has 0 unspecified atom stereocenters. The largest absolute Gasteiger partial charge is 0.449 e. The van der Waals surface area contributed by atoms with Crippen LogP contribution in [0.3, 0.4) is 0 Å². The van der Waals surface area contributed by atoms with Crippen LogP contribution in [0.1, 0.15) is 37.3 Å². The highest BCUT2D eigenvalue weighted by molar-refractivity contribution is 5.90. The van der Waals surface area contributed by atoms with E-state index in [1.54, 1.807) is 13.0 Å². The van der Waals surface area contributed by atoms with Crippen LogP contribution in [0.5, 0.6) is 0 Å². The summed E-state index contributed by atoms with van der Waals surface area (Å²) < 4.78 is 5.17. The molecular weight excluding hydrogens is 326 g/mol. The molecule has 2 aromatic carbocycles. The molecule has 2 atom stereocenters. The van der Waals surface area contributed by atoms with Crippen molar-refractivity contribution in [3.63, 3.8) is 0 Å². The van der Waals surface area contributed by atoms with E-state index in [1.807, 2.05) is 48.5 Å². The van der Waals surface area contributed by atoms with Crippen LogP contribution < -0.4 is 5.32 Å². The molecule has 0 aliphatic heterocycles. The Labute approximate surface area is 154 Å². The van der Waals surface area contributed by atoms with Crippen molar-refractivity contribution in [2.45, 2.75) is 32.3 Å². The molecule has 4 nitrogen and oxygen atoms in total. The minimum absolute atomic E-state index is 0.237. The van der Waals surface area contributed by atoms with E-state index < -0.39 is 12.1 Å². The number of carbonyl (C=O) groups is 2. The van der Waals surface area contributed by atoms with Crippen molar-refractivity contribution in [3.8, 4) is 0 Å². The molecule has 0 aliphatic carbocycles. The van der Waals surface area contributed by atoms with Crippen molar-refractivity contribution in [2.24, 2.45) is 0 Å². The summed E-state index contributed by atoms with van der Waals surface area (Å²) in [5.74, 6) is -0.589. The minimum atomic E-state index is -0.837. The van der Waals surface area contributed by atoms with E-state index >= 15 is 0 Å². The fraction of sp³-hybridized carbons (Fsp3) is 0.273. The molecule has 0 aromatic heterocycles. The van der Waals surface area contributed by atoms with Crippen LogP contribution in [-0.4, -0.2) is 24.5 Å². The summed E-state index contributed by atoms with van der Waals surface area (Å²) >= 11 is 0. The predicted octanol–water partition coefficient (Wildman–Crippen LogP) is 3.94. The highest BCUT2D eigenvalue weighted by Gasteiger charge is 2.18. The van der Waals surface area contributed by atoms with Gasteiger partial charge in [-0.15, -0.1) is 0 Å². The number of hydrogen-bond donors (Lipinski definition) is 1. The average molecular weight is 351 g/mol. The summed E-state index contributed by atoms with van der Waals surface area (Å²) in [6.45, 7) is 4.18. The molecule has 4 heteroatoms. The van der Waals surface area contributed by atoms with Crippen LogP contribution in [0.4, 0.5) is 0 Å². The number of amides is 1. The highest BCUT2D eigenvalue weighted by atomic mass is 16.5. The lowest BCUT2D eigenvalue weighted by Gasteiger charge is -2.18. The summed E-state index contributed by atoms with van der Waals surface area (Å²) in [4.78, 5) is 24.1. The van der Waals surface area contributed by atoms with Crippen LogP contribution in [0.15, 0.2) is 66.7 Å². The van der Waals surface area contributed by atoms with Gasteiger partial charge in [-0.1, -0.05) is 67.6 Å². The van der Waals surface area contributed by atoms with Gasteiger partial charge in [-0.2, -0.15) is 0 Å². The molecule has 0 bridgehead atoms. The van der Waals surface area contributed by atoms with E-state index in [0.717, 1.165) is 12.0 Å². The number of nitrogens with one attached hydrogen (secondary N) is 1. The molecule has 0 radical (unpaired) electrons. The van der Waals surface area contributed by atoms with Gasteiger partial charge >= 0.3 is 5.97 Å². The quantitative estimate of drug-likeness (QED) is 0.579. The second kappa shape index (κ2) is 10.2. The smallest absolute Gasteiger partial charge is 0.331 e. The lowest BCUT2D eigenvalue weighted by Crippen LogP contribution is -2.37. The predicted molar refractivity (Wildman–Crippen MR) is 104 cm³/mol. The highest BCUT2D eigenvalue weighted by Crippen LogP contribution is 2.18. The molecular formula is C22H25NO3. The second-order valence-corrected chi connectivity index (χ2v) is 6.08. The summed E-state index contributed by atoms with van der Waals surface area (Å²) in [6.07, 6.45) is 3.07. The Balaban J connectivity index is 1.81. The summed E-state index contributed by atoms with van der Waals surface area (Å²) in [5, 5.41) is 2.87. The third-order valence-electron chi connectivity index (χ3n) is 4.16. The Kier molecular flexibility index (Phi) is 7.62. The molecule has 26 heavy (non-hydrogen) atoms. The summed E-state index contributed by atoms with van der Waals surface area (Å²) in [7, 11) is 0. The first-order valence-electron chi connectivity index (χ1n) is 8.86. The number of ether oxygens (including phenoxy) is 1. The monoisotopic (exact) mass is 351 g/mol. The van der Waals surface area contributed by atoms with Crippen LogP contribution >= 0.6 is 0 Å². The van der Waals surface area contributed by atoms with Crippen molar-refractivity contribution in [3.05, 3.63) is 77.9 Å². The van der Waals surface area contributed by atoms with Gasteiger partial charge in [0.2, 0.25) is 0 Å².